The fraction of sp³-hybridized carbons (Fsp3) is 0.476. The van der Waals surface area contributed by atoms with Gasteiger partial charge in [0.05, 0.1) is 5.56 Å². The monoisotopic (exact) mass is 467 g/mol. The number of carbonyl (C=O) groups excluding carboxylic acids is 5. The van der Waals surface area contributed by atoms with E-state index in [4.69, 9.17) is 23.7 Å². The van der Waals surface area contributed by atoms with Gasteiger partial charge in [0.1, 0.15) is 24.5 Å². The molecule has 1 aliphatic heterocycles. The van der Waals surface area contributed by atoms with Crippen molar-refractivity contribution < 1.29 is 52.8 Å². The molecule has 1 aromatic rings. The van der Waals surface area contributed by atoms with Gasteiger partial charge < -0.3 is 34.1 Å². The lowest BCUT2D eigenvalue weighted by Crippen LogP contribution is -2.67. The highest BCUT2D eigenvalue weighted by Crippen LogP contribution is 2.28. The molecule has 12 nitrogen and oxygen atoms in total. The SMILES string of the molecule is CC(=O)OCC1OC(OC(C)=O)[C@@H](NC(=O)c2ccccc2O)[C@@H](OC(C)=O)[C@@H]1OC(C)=O. The number of amides is 1. The van der Waals surface area contributed by atoms with Crippen molar-refractivity contribution in [1.82, 2.24) is 5.32 Å². The van der Waals surface area contributed by atoms with E-state index in [1.54, 1.807) is 0 Å². The second-order valence-electron chi connectivity index (χ2n) is 7.12. The van der Waals surface area contributed by atoms with Crippen LogP contribution in [0.25, 0.3) is 0 Å². The number of hydrogen-bond acceptors (Lipinski definition) is 11. The van der Waals surface area contributed by atoms with E-state index in [0.717, 1.165) is 27.7 Å². The number of nitrogens with one attached hydrogen (secondary N) is 1. The zero-order valence-corrected chi connectivity index (χ0v) is 18.4. The van der Waals surface area contributed by atoms with E-state index in [-0.39, 0.29) is 11.3 Å². The Morgan fingerprint density at radius 3 is 2.00 bits per heavy atom. The Bertz CT molecular complexity index is 915. The van der Waals surface area contributed by atoms with Gasteiger partial charge >= 0.3 is 23.9 Å². The lowest BCUT2D eigenvalue weighted by molar-refractivity contribution is -0.270. The van der Waals surface area contributed by atoms with E-state index in [0.29, 0.717) is 0 Å². The zero-order valence-electron chi connectivity index (χ0n) is 18.4. The number of para-hydroxylation sites is 1. The van der Waals surface area contributed by atoms with Crippen LogP contribution in [-0.4, -0.2) is 72.1 Å². The van der Waals surface area contributed by atoms with Gasteiger partial charge in [-0.1, -0.05) is 12.1 Å². The number of hydrogen-bond donors (Lipinski definition) is 2. The molecule has 0 bridgehead atoms. The first kappa shape index (κ1) is 25.6. The number of rotatable bonds is 7. The van der Waals surface area contributed by atoms with Crippen LogP contribution in [-0.2, 0) is 42.9 Å². The van der Waals surface area contributed by atoms with Crippen molar-refractivity contribution in [3.05, 3.63) is 29.8 Å². The van der Waals surface area contributed by atoms with Crippen LogP contribution in [0.15, 0.2) is 24.3 Å². The van der Waals surface area contributed by atoms with Crippen molar-refractivity contribution in [3.63, 3.8) is 0 Å². The summed E-state index contributed by atoms with van der Waals surface area (Å²) in [5.74, 6) is -4.16. The van der Waals surface area contributed by atoms with Crippen LogP contribution >= 0.6 is 0 Å². The third-order valence-corrected chi connectivity index (χ3v) is 4.43. The second-order valence-corrected chi connectivity index (χ2v) is 7.12. The molecule has 0 aliphatic carbocycles. The van der Waals surface area contributed by atoms with Crippen LogP contribution in [0.1, 0.15) is 38.1 Å². The number of benzene rings is 1. The molecule has 2 rings (SSSR count). The summed E-state index contributed by atoms with van der Waals surface area (Å²) < 4.78 is 26.4. The number of esters is 4. The van der Waals surface area contributed by atoms with Crippen molar-refractivity contribution in [1.29, 1.82) is 0 Å². The van der Waals surface area contributed by atoms with E-state index in [1.807, 2.05) is 0 Å². The highest BCUT2D eigenvalue weighted by molar-refractivity contribution is 5.97. The van der Waals surface area contributed by atoms with Crippen LogP contribution in [0.3, 0.4) is 0 Å². The van der Waals surface area contributed by atoms with Crippen molar-refractivity contribution in [3.8, 4) is 5.75 Å². The van der Waals surface area contributed by atoms with Gasteiger partial charge in [-0.05, 0) is 12.1 Å². The fourth-order valence-corrected chi connectivity index (χ4v) is 3.21. The molecule has 1 amide bonds. The average Bonchev–Trinajstić information content (AvgIpc) is 2.70. The number of ether oxygens (including phenoxy) is 5. The summed E-state index contributed by atoms with van der Waals surface area (Å²) in [6, 6.07) is 4.29. The highest BCUT2D eigenvalue weighted by atomic mass is 16.7. The van der Waals surface area contributed by atoms with Crippen LogP contribution in [0.2, 0.25) is 0 Å². The average molecular weight is 467 g/mol. The van der Waals surface area contributed by atoms with Gasteiger partial charge in [-0.15, -0.1) is 0 Å². The Kier molecular flexibility index (Phi) is 8.74. The smallest absolute Gasteiger partial charge is 0.305 e. The van der Waals surface area contributed by atoms with Crippen molar-refractivity contribution in [2.45, 2.75) is 58.3 Å². The third-order valence-electron chi connectivity index (χ3n) is 4.43. The number of phenolic OH excluding ortho intramolecular Hbond substituents is 1. The molecule has 0 spiro atoms. The summed E-state index contributed by atoms with van der Waals surface area (Å²) in [7, 11) is 0. The largest absolute Gasteiger partial charge is 0.507 e. The Morgan fingerprint density at radius 2 is 1.45 bits per heavy atom. The maximum atomic E-state index is 12.8. The van der Waals surface area contributed by atoms with Crippen LogP contribution < -0.4 is 5.32 Å². The number of aromatic hydroxyl groups is 1. The molecule has 1 heterocycles. The predicted molar refractivity (Wildman–Crippen MR) is 108 cm³/mol. The van der Waals surface area contributed by atoms with Gasteiger partial charge in [0, 0.05) is 27.7 Å². The van der Waals surface area contributed by atoms with Crippen LogP contribution in [0.5, 0.6) is 5.75 Å². The molecule has 1 aromatic carbocycles. The van der Waals surface area contributed by atoms with E-state index in [2.05, 4.69) is 5.32 Å². The summed E-state index contributed by atoms with van der Waals surface area (Å²) in [5.41, 5.74) is -0.119. The molecule has 2 unspecified atom stereocenters. The first-order chi connectivity index (χ1) is 15.5. The topological polar surface area (TPSA) is 164 Å². The summed E-state index contributed by atoms with van der Waals surface area (Å²) >= 11 is 0. The summed E-state index contributed by atoms with van der Waals surface area (Å²) in [4.78, 5) is 59.4. The zero-order chi connectivity index (χ0) is 24.7. The first-order valence-electron chi connectivity index (χ1n) is 9.89. The van der Waals surface area contributed by atoms with E-state index in [9.17, 15) is 29.1 Å². The second kappa shape index (κ2) is 11.3. The van der Waals surface area contributed by atoms with Gasteiger partial charge in [-0.3, -0.25) is 24.0 Å². The number of carbonyl (C=O) groups is 5. The summed E-state index contributed by atoms with van der Waals surface area (Å²) in [6.07, 6.45) is -5.47. The van der Waals surface area contributed by atoms with Crippen molar-refractivity contribution >= 4 is 29.8 Å². The van der Waals surface area contributed by atoms with E-state index < -0.39 is 67.0 Å². The van der Waals surface area contributed by atoms with Crippen LogP contribution in [0, 0.1) is 0 Å². The summed E-state index contributed by atoms with van der Waals surface area (Å²) in [5, 5.41) is 12.5. The Balaban J connectivity index is 2.47. The first-order valence-corrected chi connectivity index (χ1v) is 9.89. The van der Waals surface area contributed by atoms with Crippen molar-refractivity contribution in [2.75, 3.05) is 6.61 Å². The Morgan fingerprint density at radius 1 is 0.879 bits per heavy atom. The van der Waals surface area contributed by atoms with Gasteiger partial charge in [0.2, 0.25) is 6.29 Å². The van der Waals surface area contributed by atoms with Gasteiger partial charge in [0.25, 0.3) is 5.91 Å². The molecule has 0 radical (unpaired) electrons. The van der Waals surface area contributed by atoms with E-state index >= 15 is 0 Å². The molecule has 1 aliphatic rings. The molecular formula is C21H25NO11. The standard InChI is InChI=1S/C21H25NO11/c1-10(23)29-9-16-18(30-11(2)24)19(31-12(3)25)17(21(33-16)32-13(4)26)22-20(28)14-7-5-6-8-15(14)27/h5-8,16-19,21,27H,9H2,1-4H3,(H,22,28)/t16?,17-,18+,19+,21?/m0/s1. The molecule has 12 heteroatoms. The lowest BCUT2D eigenvalue weighted by Gasteiger charge is -2.44. The maximum Gasteiger partial charge on any atom is 0.305 e. The molecular weight excluding hydrogens is 442 g/mol. The van der Waals surface area contributed by atoms with Gasteiger partial charge in [0.15, 0.2) is 12.2 Å². The fourth-order valence-electron chi connectivity index (χ4n) is 3.21. The third kappa shape index (κ3) is 7.17. The molecule has 1 saturated heterocycles. The molecule has 33 heavy (non-hydrogen) atoms. The molecule has 0 aromatic heterocycles. The van der Waals surface area contributed by atoms with Crippen molar-refractivity contribution in [2.24, 2.45) is 0 Å². The highest BCUT2D eigenvalue weighted by Gasteiger charge is 2.52. The Hall–Kier alpha value is -3.67. The quantitative estimate of drug-likeness (QED) is 0.416. The molecule has 5 atom stereocenters. The Labute approximate surface area is 189 Å². The normalized spacial score (nSPS) is 24.2. The number of phenols is 1. The van der Waals surface area contributed by atoms with E-state index in [1.165, 1.54) is 24.3 Å². The molecule has 1 fully saturated rings. The van der Waals surface area contributed by atoms with Crippen LogP contribution in [0.4, 0.5) is 0 Å². The summed E-state index contributed by atoms with van der Waals surface area (Å²) in [6.45, 7) is 3.99. The molecule has 2 N–H and O–H groups in total. The maximum absolute atomic E-state index is 12.8. The lowest BCUT2D eigenvalue weighted by atomic mass is 9.95. The minimum Gasteiger partial charge on any atom is -0.507 e. The minimum atomic E-state index is -1.52. The van der Waals surface area contributed by atoms with Gasteiger partial charge in [-0.25, -0.2) is 0 Å². The molecule has 180 valence electrons. The molecule has 0 saturated carbocycles. The van der Waals surface area contributed by atoms with Gasteiger partial charge in [-0.2, -0.15) is 0 Å². The minimum absolute atomic E-state index is 0.119. The predicted octanol–water partition coefficient (Wildman–Crippen LogP) is 0.205.